The molecule has 0 aliphatic carbocycles. The van der Waals surface area contributed by atoms with Crippen molar-refractivity contribution in [1.82, 2.24) is 14.8 Å². The number of rotatable bonds is 4. The van der Waals surface area contributed by atoms with E-state index in [1.54, 1.807) is 47.2 Å². The average Bonchev–Trinajstić information content (AvgIpc) is 2.74. The molecule has 2 aromatic rings. The number of ether oxygens (including phenoxy) is 1. The second-order valence-electron chi connectivity index (χ2n) is 6.26. The number of nitrogens with zero attached hydrogens (tertiary/aromatic N) is 4. The quantitative estimate of drug-likeness (QED) is 0.877. The van der Waals surface area contributed by atoms with Crippen molar-refractivity contribution in [1.29, 1.82) is 5.26 Å². The molecule has 0 radical (unpaired) electrons. The molecule has 0 atom stereocenters. The predicted octanol–water partition coefficient (Wildman–Crippen LogP) is 2.61. The maximum Gasteiger partial charge on any atom is 0.409 e. The summed E-state index contributed by atoms with van der Waals surface area (Å²) < 4.78 is 5.00. The van der Waals surface area contributed by atoms with Gasteiger partial charge in [0.1, 0.15) is 0 Å². The molecule has 8 nitrogen and oxygen atoms in total. The van der Waals surface area contributed by atoms with Crippen molar-refractivity contribution in [2.24, 2.45) is 0 Å². The third kappa shape index (κ3) is 4.57. The highest BCUT2D eigenvalue weighted by Crippen LogP contribution is 2.19. The molecular weight excluding hydrogens is 358 g/mol. The smallest absolute Gasteiger partial charge is 0.409 e. The van der Waals surface area contributed by atoms with E-state index in [0.717, 1.165) is 5.69 Å². The van der Waals surface area contributed by atoms with Gasteiger partial charge in [0.05, 0.1) is 35.7 Å². The molecule has 144 valence electrons. The van der Waals surface area contributed by atoms with Gasteiger partial charge in [0, 0.05) is 38.1 Å². The van der Waals surface area contributed by atoms with Crippen LogP contribution in [0.5, 0.6) is 0 Å². The molecular formula is C20H21N5O3. The first-order chi connectivity index (χ1) is 13.6. The minimum atomic E-state index is -0.345. The number of hydrogen-bond donors (Lipinski definition) is 1. The van der Waals surface area contributed by atoms with Crippen LogP contribution < -0.4 is 5.32 Å². The number of nitriles is 1. The van der Waals surface area contributed by atoms with Crippen molar-refractivity contribution >= 4 is 23.4 Å². The van der Waals surface area contributed by atoms with Gasteiger partial charge >= 0.3 is 6.09 Å². The van der Waals surface area contributed by atoms with Gasteiger partial charge in [-0.2, -0.15) is 5.26 Å². The number of hydrogen-bond acceptors (Lipinski definition) is 6. The predicted molar refractivity (Wildman–Crippen MR) is 103 cm³/mol. The van der Waals surface area contributed by atoms with Gasteiger partial charge in [0.25, 0.3) is 5.91 Å². The van der Waals surface area contributed by atoms with Crippen molar-refractivity contribution in [3.63, 3.8) is 0 Å². The first-order valence-electron chi connectivity index (χ1n) is 9.04. The van der Waals surface area contributed by atoms with E-state index in [1.807, 2.05) is 6.07 Å². The Morgan fingerprint density at radius 3 is 2.61 bits per heavy atom. The van der Waals surface area contributed by atoms with E-state index < -0.39 is 0 Å². The van der Waals surface area contributed by atoms with Gasteiger partial charge in [0.2, 0.25) is 0 Å². The Labute approximate surface area is 163 Å². The third-order valence-electron chi connectivity index (χ3n) is 4.36. The summed E-state index contributed by atoms with van der Waals surface area (Å²) in [6, 6.07) is 10.9. The Balaban J connectivity index is 1.64. The summed E-state index contributed by atoms with van der Waals surface area (Å²) in [5.74, 6) is -0.134. The minimum absolute atomic E-state index is 0.134. The van der Waals surface area contributed by atoms with Crippen LogP contribution in [0.15, 0.2) is 42.7 Å². The van der Waals surface area contributed by atoms with Crippen molar-refractivity contribution in [2.75, 3.05) is 38.1 Å². The summed E-state index contributed by atoms with van der Waals surface area (Å²) in [6.07, 6.45) is 2.80. The summed E-state index contributed by atoms with van der Waals surface area (Å²) in [6.45, 7) is 3.87. The molecule has 0 spiro atoms. The van der Waals surface area contributed by atoms with Crippen LogP contribution in [0, 0.1) is 11.3 Å². The van der Waals surface area contributed by atoms with E-state index in [0.29, 0.717) is 49.6 Å². The molecule has 1 saturated heterocycles. The number of piperazine rings is 1. The zero-order chi connectivity index (χ0) is 19.9. The van der Waals surface area contributed by atoms with Gasteiger partial charge in [-0.05, 0) is 31.2 Å². The normalized spacial score (nSPS) is 13.6. The molecule has 1 N–H and O–H groups in total. The zero-order valence-corrected chi connectivity index (χ0v) is 15.6. The molecule has 2 heterocycles. The fraction of sp³-hybridized carbons (Fsp3) is 0.300. The largest absolute Gasteiger partial charge is 0.450 e. The molecule has 1 aromatic heterocycles. The topological polar surface area (TPSA) is 98.6 Å². The lowest BCUT2D eigenvalue weighted by atomic mass is 10.2. The van der Waals surface area contributed by atoms with E-state index in [9.17, 15) is 9.59 Å². The summed E-state index contributed by atoms with van der Waals surface area (Å²) in [4.78, 5) is 32.0. The highest BCUT2D eigenvalue weighted by molar-refractivity contribution is 5.95. The zero-order valence-electron chi connectivity index (χ0n) is 15.6. The van der Waals surface area contributed by atoms with E-state index in [2.05, 4.69) is 16.4 Å². The second kappa shape index (κ2) is 8.86. The Kier molecular flexibility index (Phi) is 6.07. The average molecular weight is 379 g/mol. The van der Waals surface area contributed by atoms with Crippen LogP contribution in [-0.2, 0) is 4.74 Å². The van der Waals surface area contributed by atoms with Crippen LogP contribution in [-0.4, -0.2) is 59.6 Å². The molecule has 8 heteroatoms. The summed E-state index contributed by atoms with van der Waals surface area (Å²) >= 11 is 0. The number of aromatic nitrogens is 1. The Morgan fingerprint density at radius 2 is 1.89 bits per heavy atom. The fourth-order valence-electron chi connectivity index (χ4n) is 2.95. The van der Waals surface area contributed by atoms with Crippen LogP contribution >= 0.6 is 0 Å². The molecule has 1 fully saturated rings. The monoisotopic (exact) mass is 379 g/mol. The first-order valence-corrected chi connectivity index (χ1v) is 9.04. The molecule has 0 unspecified atom stereocenters. The van der Waals surface area contributed by atoms with Gasteiger partial charge < -0.3 is 19.9 Å². The highest BCUT2D eigenvalue weighted by Gasteiger charge is 2.25. The summed E-state index contributed by atoms with van der Waals surface area (Å²) in [7, 11) is 0. The van der Waals surface area contributed by atoms with Crippen LogP contribution in [0.3, 0.4) is 0 Å². The maximum atomic E-state index is 12.8. The number of amides is 2. The van der Waals surface area contributed by atoms with Gasteiger partial charge in [-0.25, -0.2) is 4.79 Å². The Bertz CT molecular complexity index is 901. The van der Waals surface area contributed by atoms with Gasteiger partial charge in [-0.3, -0.25) is 9.78 Å². The van der Waals surface area contributed by atoms with Crippen molar-refractivity contribution in [2.45, 2.75) is 6.92 Å². The lowest BCUT2D eigenvalue weighted by Gasteiger charge is -2.34. The summed E-state index contributed by atoms with van der Waals surface area (Å²) in [5.41, 5.74) is 2.41. The standard InChI is InChI=1S/C20H21N5O3/c1-2-28-20(27)25-8-6-24(7-9-25)19(26)16-11-18(14-22-13-16)23-17-5-3-4-15(10-17)12-21/h3-5,10-11,13-14,23H,2,6-9H2,1H3. The number of benzene rings is 1. The van der Waals surface area contributed by atoms with E-state index in [-0.39, 0.29) is 12.0 Å². The third-order valence-corrected chi connectivity index (χ3v) is 4.36. The van der Waals surface area contributed by atoms with Gasteiger partial charge in [-0.1, -0.05) is 6.07 Å². The fourth-order valence-corrected chi connectivity index (χ4v) is 2.95. The number of pyridine rings is 1. The number of carbonyl (C=O) groups excluding carboxylic acids is 2. The van der Waals surface area contributed by atoms with Crippen molar-refractivity contribution < 1.29 is 14.3 Å². The lowest BCUT2D eigenvalue weighted by Crippen LogP contribution is -2.50. The molecule has 0 bridgehead atoms. The van der Waals surface area contributed by atoms with Crippen molar-refractivity contribution in [3.8, 4) is 6.07 Å². The van der Waals surface area contributed by atoms with Gasteiger partial charge in [-0.15, -0.1) is 0 Å². The molecule has 3 rings (SSSR count). The number of carbonyl (C=O) groups is 2. The Morgan fingerprint density at radius 1 is 1.14 bits per heavy atom. The molecule has 1 aliphatic rings. The molecule has 1 aliphatic heterocycles. The second-order valence-corrected chi connectivity index (χ2v) is 6.26. The molecule has 0 saturated carbocycles. The number of nitrogens with one attached hydrogen (secondary N) is 1. The van der Waals surface area contributed by atoms with E-state index in [4.69, 9.17) is 10.00 Å². The van der Waals surface area contributed by atoms with Crippen molar-refractivity contribution in [3.05, 3.63) is 53.9 Å². The minimum Gasteiger partial charge on any atom is -0.450 e. The van der Waals surface area contributed by atoms with Crippen LogP contribution in [0.25, 0.3) is 0 Å². The molecule has 1 aromatic carbocycles. The first kappa shape index (κ1) is 19.2. The highest BCUT2D eigenvalue weighted by atomic mass is 16.6. The Hall–Kier alpha value is -3.60. The van der Waals surface area contributed by atoms with Gasteiger partial charge in [0.15, 0.2) is 0 Å². The molecule has 2 amide bonds. The summed E-state index contributed by atoms with van der Waals surface area (Å²) in [5, 5.41) is 12.2. The van der Waals surface area contributed by atoms with E-state index >= 15 is 0 Å². The lowest BCUT2D eigenvalue weighted by molar-refractivity contribution is 0.0570. The number of anilines is 2. The molecule has 28 heavy (non-hydrogen) atoms. The maximum absolute atomic E-state index is 12.8. The van der Waals surface area contributed by atoms with Crippen LogP contribution in [0.2, 0.25) is 0 Å². The van der Waals surface area contributed by atoms with Crippen LogP contribution in [0.4, 0.5) is 16.2 Å². The van der Waals surface area contributed by atoms with E-state index in [1.165, 1.54) is 6.20 Å². The van der Waals surface area contributed by atoms with Crippen LogP contribution in [0.1, 0.15) is 22.8 Å². The SMILES string of the molecule is CCOC(=O)N1CCN(C(=O)c2cncc(Nc3cccc(C#N)c3)c2)CC1.